The van der Waals surface area contributed by atoms with E-state index >= 15 is 0 Å². The number of pyridine rings is 1. The Labute approximate surface area is 96.5 Å². The lowest BCUT2D eigenvalue weighted by Gasteiger charge is -2.20. The number of hydrogen-bond donors (Lipinski definition) is 1. The summed E-state index contributed by atoms with van der Waals surface area (Å²) < 4.78 is 26.6. The first-order chi connectivity index (χ1) is 7.26. The fourth-order valence-electron chi connectivity index (χ4n) is 1.23. The molecule has 4 nitrogen and oxygen atoms in total. The molecule has 0 bridgehead atoms. The topological polar surface area (TPSA) is 59.1 Å². The number of rotatable bonds is 3. The molecule has 0 atom stereocenters. The summed E-state index contributed by atoms with van der Waals surface area (Å²) in [7, 11) is -3.59. The van der Waals surface area contributed by atoms with Crippen LogP contribution in [0.5, 0.6) is 0 Å². The molecule has 0 aliphatic heterocycles. The van der Waals surface area contributed by atoms with E-state index in [2.05, 4.69) is 16.3 Å². The van der Waals surface area contributed by atoms with Crippen molar-refractivity contribution in [3.8, 4) is 0 Å². The molecule has 0 fully saturated rings. The highest BCUT2D eigenvalue weighted by molar-refractivity contribution is 7.89. The highest BCUT2D eigenvalue weighted by Gasteiger charge is 2.24. The smallest absolute Gasteiger partial charge is 0.243 e. The molecule has 5 heteroatoms. The zero-order chi connectivity index (χ0) is 12.4. The Balaban J connectivity index is 3.23. The third-order valence-electron chi connectivity index (χ3n) is 1.72. The Morgan fingerprint density at radius 2 is 2.06 bits per heavy atom. The maximum absolute atomic E-state index is 12.0. The molecule has 1 aromatic heterocycles. The molecule has 0 aliphatic rings. The second-order valence-corrected chi connectivity index (χ2v) is 6.06. The maximum atomic E-state index is 12.0. The van der Waals surface area contributed by atoms with Gasteiger partial charge in [-0.1, -0.05) is 18.7 Å². The van der Waals surface area contributed by atoms with Crippen LogP contribution in [0.3, 0.4) is 0 Å². The second kappa shape index (κ2) is 4.35. The Bertz CT molecular complexity index is 487. The third kappa shape index (κ3) is 3.15. The van der Waals surface area contributed by atoms with Gasteiger partial charge in [-0.3, -0.25) is 0 Å². The van der Waals surface area contributed by atoms with E-state index in [9.17, 15) is 8.42 Å². The summed E-state index contributed by atoms with van der Waals surface area (Å²) in [6.07, 6.45) is 2.93. The van der Waals surface area contributed by atoms with Gasteiger partial charge in [-0.25, -0.2) is 18.1 Å². The fraction of sp³-hybridized carbons (Fsp3) is 0.364. The molecule has 0 spiro atoms. The molecule has 1 N–H and O–H groups in total. The van der Waals surface area contributed by atoms with E-state index in [4.69, 9.17) is 0 Å². The van der Waals surface area contributed by atoms with E-state index < -0.39 is 15.6 Å². The second-order valence-electron chi connectivity index (χ2n) is 4.46. The van der Waals surface area contributed by atoms with Crippen molar-refractivity contribution in [2.24, 2.45) is 0 Å². The summed E-state index contributed by atoms with van der Waals surface area (Å²) in [6, 6.07) is 3.34. The molecule has 0 amide bonds. The molecule has 0 aliphatic carbocycles. The highest BCUT2D eigenvalue weighted by Crippen LogP contribution is 2.15. The van der Waals surface area contributed by atoms with E-state index in [-0.39, 0.29) is 5.03 Å². The average Bonchev–Trinajstić information content (AvgIpc) is 2.14. The van der Waals surface area contributed by atoms with E-state index in [0.717, 1.165) is 0 Å². The van der Waals surface area contributed by atoms with Crippen LogP contribution in [0.15, 0.2) is 29.9 Å². The Hall–Kier alpha value is -1.20. The first-order valence-corrected chi connectivity index (χ1v) is 6.36. The highest BCUT2D eigenvalue weighted by atomic mass is 32.2. The number of nitrogens with one attached hydrogen (secondary N) is 1. The number of nitrogens with zero attached hydrogens (tertiary/aromatic N) is 1. The van der Waals surface area contributed by atoms with Crippen LogP contribution in [0.2, 0.25) is 0 Å². The van der Waals surface area contributed by atoms with E-state index in [1.54, 1.807) is 32.9 Å². The monoisotopic (exact) mass is 240 g/mol. The van der Waals surface area contributed by atoms with Crippen molar-refractivity contribution in [1.29, 1.82) is 0 Å². The summed E-state index contributed by atoms with van der Waals surface area (Å²) >= 11 is 0. The zero-order valence-corrected chi connectivity index (χ0v) is 10.5. The first kappa shape index (κ1) is 12.9. The lowest BCUT2D eigenvalue weighted by Crippen LogP contribution is -2.41. The SMILES string of the molecule is C=Cc1cccnc1S(=O)(=O)NC(C)(C)C. The van der Waals surface area contributed by atoms with Crippen molar-refractivity contribution in [2.45, 2.75) is 31.3 Å². The van der Waals surface area contributed by atoms with Crippen molar-refractivity contribution in [1.82, 2.24) is 9.71 Å². The molecule has 16 heavy (non-hydrogen) atoms. The van der Waals surface area contributed by atoms with Gasteiger partial charge in [-0.2, -0.15) is 0 Å². The standard InChI is InChI=1S/C11H16N2O2S/c1-5-9-7-6-8-12-10(9)16(14,15)13-11(2,3)4/h5-8,13H,1H2,2-4H3. The quantitative estimate of drug-likeness (QED) is 0.876. The number of sulfonamides is 1. The minimum atomic E-state index is -3.59. The zero-order valence-electron chi connectivity index (χ0n) is 9.69. The molecule has 0 saturated heterocycles. The average molecular weight is 240 g/mol. The molecular weight excluding hydrogens is 224 g/mol. The van der Waals surface area contributed by atoms with Crippen LogP contribution in [-0.4, -0.2) is 18.9 Å². The van der Waals surface area contributed by atoms with Crippen LogP contribution in [0.25, 0.3) is 6.08 Å². The van der Waals surface area contributed by atoms with Gasteiger partial charge in [0.05, 0.1) is 0 Å². The number of aromatic nitrogens is 1. The first-order valence-electron chi connectivity index (χ1n) is 4.88. The van der Waals surface area contributed by atoms with Crippen molar-refractivity contribution in [3.63, 3.8) is 0 Å². The molecular formula is C11H16N2O2S. The normalized spacial score (nSPS) is 12.4. The van der Waals surface area contributed by atoms with Gasteiger partial charge in [0, 0.05) is 17.3 Å². The third-order valence-corrected chi connectivity index (χ3v) is 3.45. The van der Waals surface area contributed by atoms with Crippen LogP contribution in [0, 0.1) is 0 Å². The van der Waals surface area contributed by atoms with Gasteiger partial charge in [0.2, 0.25) is 0 Å². The van der Waals surface area contributed by atoms with Gasteiger partial charge in [0.25, 0.3) is 10.0 Å². The van der Waals surface area contributed by atoms with E-state index in [0.29, 0.717) is 5.56 Å². The van der Waals surface area contributed by atoms with Crippen molar-refractivity contribution < 1.29 is 8.42 Å². The van der Waals surface area contributed by atoms with Gasteiger partial charge >= 0.3 is 0 Å². The molecule has 88 valence electrons. The van der Waals surface area contributed by atoms with Crippen LogP contribution < -0.4 is 4.72 Å². The fourth-order valence-corrected chi connectivity index (χ4v) is 2.80. The number of hydrogen-bond acceptors (Lipinski definition) is 3. The van der Waals surface area contributed by atoms with E-state index in [1.165, 1.54) is 12.3 Å². The molecule has 0 saturated carbocycles. The predicted octanol–water partition coefficient (Wildman–Crippen LogP) is 1.80. The van der Waals surface area contributed by atoms with Gasteiger partial charge < -0.3 is 0 Å². The summed E-state index contributed by atoms with van der Waals surface area (Å²) in [4.78, 5) is 3.88. The lowest BCUT2D eigenvalue weighted by molar-refractivity contribution is 0.489. The molecule has 1 heterocycles. The summed E-state index contributed by atoms with van der Waals surface area (Å²) in [5.41, 5.74) is -0.0336. The van der Waals surface area contributed by atoms with Crippen molar-refractivity contribution in [2.75, 3.05) is 0 Å². The van der Waals surface area contributed by atoms with E-state index in [1.807, 2.05) is 0 Å². The minimum absolute atomic E-state index is 0.0138. The molecule has 0 radical (unpaired) electrons. The maximum Gasteiger partial charge on any atom is 0.259 e. The summed E-state index contributed by atoms with van der Waals surface area (Å²) in [6.45, 7) is 8.91. The lowest BCUT2D eigenvalue weighted by atomic mass is 10.1. The van der Waals surface area contributed by atoms with Crippen LogP contribution in [-0.2, 0) is 10.0 Å². The van der Waals surface area contributed by atoms with Gasteiger partial charge in [-0.05, 0) is 26.8 Å². The Kier molecular flexibility index (Phi) is 3.50. The van der Waals surface area contributed by atoms with Gasteiger partial charge in [0.15, 0.2) is 5.03 Å². The van der Waals surface area contributed by atoms with Crippen LogP contribution >= 0.6 is 0 Å². The molecule has 0 aromatic carbocycles. The summed E-state index contributed by atoms with van der Waals surface area (Å²) in [5, 5.41) is 0.0138. The Morgan fingerprint density at radius 1 is 1.44 bits per heavy atom. The van der Waals surface area contributed by atoms with Crippen LogP contribution in [0.1, 0.15) is 26.3 Å². The van der Waals surface area contributed by atoms with Gasteiger partial charge in [-0.15, -0.1) is 0 Å². The Morgan fingerprint density at radius 3 is 2.56 bits per heavy atom. The van der Waals surface area contributed by atoms with Gasteiger partial charge in [0.1, 0.15) is 0 Å². The molecule has 1 rings (SSSR count). The van der Waals surface area contributed by atoms with Crippen molar-refractivity contribution >= 4 is 16.1 Å². The molecule has 1 aromatic rings. The minimum Gasteiger partial charge on any atom is -0.243 e. The largest absolute Gasteiger partial charge is 0.259 e. The van der Waals surface area contributed by atoms with Crippen LogP contribution in [0.4, 0.5) is 0 Å². The van der Waals surface area contributed by atoms with Crippen molar-refractivity contribution in [3.05, 3.63) is 30.5 Å². The predicted molar refractivity (Wildman–Crippen MR) is 64.4 cm³/mol. The molecule has 0 unspecified atom stereocenters. The summed E-state index contributed by atoms with van der Waals surface area (Å²) in [5.74, 6) is 0.